The van der Waals surface area contributed by atoms with Gasteiger partial charge >= 0.3 is 0 Å². The highest BCUT2D eigenvalue weighted by Gasteiger charge is 2.09. The van der Waals surface area contributed by atoms with Crippen molar-refractivity contribution in [2.45, 2.75) is 51.3 Å². The molecule has 1 heterocycles. The minimum absolute atomic E-state index is 0.729. The van der Waals surface area contributed by atoms with E-state index < -0.39 is 0 Å². The topological polar surface area (TPSA) is 17.8 Å². The minimum Gasteiger partial charge on any atom is -0.336 e. The van der Waals surface area contributed by atoms with E-state index in [1.54, 1.807) is 0 Å². The number of aromatic nitrogens is 2. The standard InChI is InChI=1S/C14H26N2S2/c1-3-5-9-17-12-14(18-10-6-4-2)11-16-8-7-15-13-16/h7-8,13-14H,3-6,9-12H2,1-2H3. The van der Waals surface area contributed by atoms with Crippen molar-refractivity contribution < 1.29 is 0 Å². The highest BCUT2D eigenvalue weighted by Crippen LogP contribution is 2.20. The van der Waals surface area contributed by atoms with Gasteiger partial charge in [-0.05, 0) is 24.3 Å². The molecule has 0 aliphatic heterocycles. The summed E-state index contributed by atoms with van der Waals surface area (Å²) in [5, 5.41) is 0.729. The number of imidazole rings is 1. The van der Waals surface area contributed by atoms with Crippen molar-refractivity contribution in [1.29, 1.82) is 0 Å². The van der Waals surface area contributed by atoms with Gasteiger partial charge in [0.2, 0.25) is 0 Å². The molecule has 18 heavy (non-hydrogen) atoms. The van der Waals surface area contributed by atoms with Crippen LogP contribution >= 0.6 is 23.5 Å². The molecule has 0 saturated heterocycles. The average molecular weight is 287 g/mol. The SMILES string of the molecule is CCCCSCC(Cn1ccnc1)SCCCC. The minimum atomic E-state index is 0.729. The molecule has 0 spiro atoms. The maximum Gasteiger partial charge on any atom is 0.0946 e. The van der Waals surface area contributed by atoms with Gasteiger partial charge in [0.1, 0.15) is 0 Å². The highest BCUT2D eigenvalue weighted by atomic mass is 32.2. The Hall–Kier alpha value is -0.0900. The summed E-state index contributed by atoms with van der Waals surface area (Å²) >= 11 is 4.24. The summed E-state index contributed by atoms with van der Waals surface area (Å²) in [6, 6.07) is 0. The molecule has 1 atom stereocenters. The average Bonchev–Trinajstić information content (AvgIpc) is 2.87. The number of thioether (sulfide) groups is 2. The largest absolute Gasteiger partial charge is 0.336 e. The monoisotopic (exact) mass is 286 g/mol. The van der Waals surface area contributed by atoms with E-state index in [0.717, 1.165) is 11.8 Å². The maximum atomic E-state index is 4.13. The van der Waals surface area contributed by atoms with Gasteiger partial charge in [-0.3, -0.25) is 0 Å². The fraction of sp³-hybridized carbons (Fsp3) is 0.786. The Bertz CT molecular complexity index is 275. The molecule has 1 aromatic rings. The lowest BCUT2D eigenvalue weighted by molar-refractivity contribution is 0.694. The molecule has 4 heteroatoms. The van der Waals surface area contributed by atoms with Crippen molar-refractivity contribution in [1.82, 2.24) is 9.55 Å². The molecule has 0 aromatic carbocycles. The molecule has 0 bridgehead atoms. The van der Waals surface area contributed by atoms with E-state index in [0.29, 0.717) is 0 Å². The number of unbranched alkanes of at least 4 members (excludes halogenated alkanes) is 2. The van der Waals surface area contributed by atoms with E-state index in [1.807, 2.05) is 12.5 Å². The Kier molecular flexibility index (Phi) is 9.58. The van der Waals surface area contributed by atoms with Crippen molar-refractivity contribution >= 4 is 23.5 Å². The molecule has 1 aromatic heterocycles. The van der Waals surface area contributed by atoms with Crippen LogP contribution in [-0.4, -0.2) is 32.1 Å². The van der Waals surface area contributed by atoms with Gasteiger partial charge in [-0.25, -0.2) is 4.98 Å². The molecule has 0 N–H and O–H groups in total. The normalized spacial score (nSPS) is 12.8. The molecule has 0 radical (unpaired) electrons. The molecular formula is C14H26N2S2. The number of hydrogen-bond donors (Lipinski definition) is 0. The Morgan fingerprint density at radius 1 is 1.17 bits per heavy atom. The number of rotatable bonds is 11. The van der Waals surface area contributed by atoms with Crippen molar-refractivity contribution in [3.05, 3.63) is 18.7 Å². The van der Waals surface area contributed by atoms with E-state index in [4.69, 9.17) is 0 Å². The molecule has 1 unspecified atom stereocenters. The van der Waals surface area contributed by atoms with Gasteiger partial charge in [-0.1, -0.05) is 26.7 Å². The highest BCUT2D eigenvalue weighted by molar-refractivity contribution is 8.03. The van der Waals surface area contributed by atoms with Gasteiger partial charge in [0.15, 0.2) is 0 Å². The molecule has 2 nitrogen and oxygen atoms in total. The number of hydrogen-bond acceptors (Lipinski definition) is 3. The predicted octanol–water partition coefficient (Wildman–Crippen LogP) is 4.32. The van der Waals surface area contributed by atoms with E-state index in [9.17, 15) is 0 Å². The summed E-state index contributed by atoms with van der Waals surface area (Å²) in [7, 11) is 0. The molecule has 0 aliphatic carbocycles. The molecule has 0 saturated carbocycles. The van der Waals surface area contributed by atoms with Gasteiger partial charge in [-0.2, -0.15) is 23.5 Å². The Balaban J connectivity index is 2.27. The second kappa shape index (κ2) is 10.8. The fourth-order valence-corrected chi connectivity index (χ4v) is 4.41. The molecule has 0 fully saturated rings. The fourth-order valence-electron chi connectivity index (χ4n) is 1.64. The first kappa shape index (κ1) is 16.0. The van der Waals surface area contributed by atoms with Gasteiger partial charge in [-0.15, -0.1) is 0 Å². The third kappa shape index (κ3) is 7.37. The lowest BCUT2D eigenvalue weighted by atomic mass is 10.4. The van der Waals surface area contributed by atoms with Crippen LogP contribution in [0.25, 0.3) is 0 Å². The zero-order valence-corrected chi connectivity index (χ0v) is 13.3. The Morgan fingerprint density at radius 2 is 1.94 bits per heavy atom. The second-order valence-electron chi connectivity index (χ2n) is 4.53. The lowest BCUT2D eigenvalue weighted by Crippen LogP contribution is -2.15. The van der Waals surface area contributed by atoms with Gasteiger partial charge in [0.05, 0.1) is 6.33 Å². The van der Waals surface area contributed by atoms with Crippen LogP contribution in [0.5, 0.6) is 0 Å². The Labute approximate surface area is 120 Å². The smallest absolute Gasteiger partial charge is 0.0946 e. The zero-order chi connectivity index (χ0) is 13.1. The van der Waals surface area contributed by atoms with Gasteiger partial charge < -0.3 is 4.57 Å². The summed E-state index contributed by atoms with van der Waals surface area (Å²) in [6.45, 7) is 5.63. The van der Waals surface area contributed by atoms with Crippen LogP contribution in [0.2, 0.25) is 0 Å². The van der Waals surface area contributed by atoms with E-state index in [2.05, 4.69) is 53.1 Å². The van der Waals surface area contributed by atoms with Crippen molar-refractivity contribution in [2.24, 2.45) is 0 Å². The van der Waals surface area contributed by atoms with Crippen LogP contribution in [-0.2, 0) is 6.54 Å². The summed E-state index contributed by atoms with van der Waals surface area (Å²) in [6.07, 6.45) is 11.2. The lowest BCUT2D eigenvalue weighted by Gasteiger charge is -2.16. The van der Waals surface area contributed by atoms with Crippen LogP contribution in [0.1, 0.15) is 39.5 Å². The first-order valence-corrected chi connectivity index (χ1v) is 9.22. The first-order chi connectivity index (χ1) is 8.86. The van der Waals surface area contributed by atoms with E-state index >= 15 is 0 Å². The molecule has 0 aliphatic rings. The molecule has 0 amide bonds. The summed E-state index contributed by atoms with van der Waals surface area (Å²) < 4.78 is 2.21. The third-order valence-electron chi connectivity index (χ3n) is 2.77. The predicted molar refractivity (Wildman–Crippen MR) is 85.6 cm³/mol. The van der Waals surface area contributed by atoms with Crippen LogP contribution < -0.4 is 0 Å². The van der Waals surface area contributed by atoms with Crippen LogP contribution in [0.4, 0.5) is 0 Å². The maximum absolute atomic E-state index is 4.13. The van der Waals surface area contributed by atoms with Crippen LogP contribution in [0, 0.1) is 0 Å². The molecule has 104 valence electrons. The molecule has 1 rings (SSSR count). The van der Waals surface area contributed by atoms with Crippen molar-refractivity contribution in [3.8, 4) is 0 Å². The first-order valence-electron chi connectivity index (χ1n) is 7.01. The Morgan fingerprint density at radius 3 is 2.61 bits per heavy atom. The molecular weight excluding hydrogens is 260 g/mol. The number of nitrogens with zero attached hydrogens (tertiary/aromatic N) is 2. The van der Waals surface area contributed by atoms with E-state index in [-0.39, 0.29) is 0 Å². The quantitative estimate of drug-likeness (QED) is 0.564. The summed E-state index contributed by atoms with van der Waals surface area (Å²) in [4.78, 5) is 4.13. The third-order valence-corrected chi connectivity index (χ3v) is 5.51. The zero-order valence-electron chi connectivity index (χ0n) is 11.7. The van der Waals surface area contributed by atoms with Gasteiger partial charge in [0.25, 0.3) is 0 Å². The van der Waals surface area contributed by atoms with Crippen molar-refractivity contribution in [2.75, 3.05) is 17.3 Å². The van der Waals surface area contributed by atoms with Gasteiger partial charge in [0, 0.05) is 29.9 Å². The van der Waals surface area contributed by atoms with Crippen LogP contribution in [0.15, 0.2) is 18.7 Å². The van der Waals surface area contributed by atoms with Crippen LogP contribution in [0.3, 0.4) is 0 Å². The summed E-state index contributed by atoms with van der Waals surface area (Å²) in [5.74, 6) is 3.88. The van der Waals surface area contributed by atoms with Crippen molar-refractivity contribution in [3.63, 3.8) is 0 Å². The second-order valence-corrected chi connectivity index (χ2v) is 7.09. The van der Waals surface area contributed by atoms with E-state index in [1.165, 1.54) is 42.9 Å². The summed E-state index contributed by atoms with van der Waals surface area (Å²) in [5.41, 5.74) is 0.